The molecular formula is C25H31NO2. The first-order valence-corrected chi connectivity index (χ1v) is 10.7. The molecule has 1 aliphatic carbocycles. The van der Waals surface area contributed by atoms with Crippen LogP contribution < -0.4 is 0 Å². The number of aliphatic carboxylic acids is 1. The van der Waals surface area contributed by atoms with Gasteiger partial charge >= 0.3 is 5.97 Å². The van der Waals surface area contributed by atoms with E-state index in [1.165, 1.54) is 47.6 Å². The maximum Gasteiger partial charge on any atom is 0.306 e. The lowest BCUT2D eigenvalue weighted by Gasteiger charge is -2.30. The summed E-state index contributed by atoms with van der Waals surface area (Å²) in [5.74, 6) is 0.0775. The van der Waals surface area contributed by atoms with Crippen LogP contribution in [0.3, 0.4) is 0 Å². The molecule has 0 bridgehead atoms. The summed E-state index contributed by atoms with van der Waals surface area (Å²) in [7, 11) is 0. The van der Waals surface area contributed by atoms with Crippen LogP contribution in [0.15, 0.2) is 42.0 Å². The minimum absolute atomic E-state index is 0.159. The van der Waals surface area contributed by atoms with E-state index in [0.29, 0.717) is 0 Å². The van der Waals surface area contributed by atoms with Crippen molar-refractivity contribution in [3.63, 3.8) is 0 Å². The number of carboxylic acid groups (broad SMARTS) is 1. The second-order valence-electron chi connectivity index (χ2n) is 8.81. The molecule has 0 radical (unpaired) electrons. The Morgan fingerprint density at radius 1 is 1.04 bits per heavy atom. The number of piperidine rings is 1. The van der Waals surface area contributed by atoms with Gasteiger partial charge in [-0.05, 0) is 91.6 Å². The molecule has 2 fully saturated rings. The second kappa shape index (κ2) is 8.48. The Bertz CT molecular complexity index is 867. The topological polar surface area (TPSA) is 40.5 Å². The van der Waals surface area contributed by atoms with E-state index in [1.54, 1.807) is 5.57 Å². The molecule has 1 aliphatic heterocycles. The normalized spacial score (nSPS) is 21.8. The van der Waals surface area contributed by atoms with Gasteiger partial charge in [-0.15, -0.1) is 0 Å². The summed E-state index contributed by atoms with van der Waals surface area (Å²) < 4.78 is 0. The van der Waals surface area contributed by atoms with Gasteiger partial charge in [0, 0.05) is 6.54 Å². The van der Waals surface area contributed by atoms with Crippen LogP contribution in [0.1, 0.15) is 56.6 Å². The van der Waals surface area contributed by atoms with E-state index in [4.69, 9.17) is 5.11 Å². The highest BCUT2D eigenvalue weighted by Crippen LogP contribution is 2.30. The van der Waals surface area contributed by atoms with Gasteiger partial charge in [0.15, 0.2) is 0 Å². The average molecular weight is 378 g/mol. The first kappa shape index (κ1) is 19.2. The van der Waals surface area contributed by atoms with Crippen LogP contribution in [-0.4, -0.2) is 29.1 Å². The Labute approximate surface area is 168 Å². The van der Waals surface area contributed by atoms with E-state index >= 15 is 0 Å². The fourth-order valence-corrected chi connectivity index (χ4v) is 4.61. The number of nitrogens with zero attached hydrogens (tertiary/aromatic N) is 1. The van der Waals surface area contributed by atoms with Crippen LogP contribution in [0.2, 0.25) is 0 Å². The van der Waals surface area contributed by atoms with E-state index in [-0.39, 0.29) is 5.92 Å². The van der Waals surface area contributed by atoms with Gasteiger partial charge in [-0.25, -0.2) is 0 Å². The number of benzene rings is 2. The molecule has 2 aliphatic rings. The molecule has 1 saturated carbocycles. The number of allylic oxidation sites excluding steroid dienone is 1. The summed E-state index contributed by atoms with van der Waals surface area (Å²) in [6.07, 6.45) is 9.07. The highest BCUT2D eigenvalue weighted by Gasteiger charge is 2.24. The quantitative estimate of drug-likeness (QED) is 0.740. The lowest BCUT2D eigenvalue weighted by Crippen LogP contribution is -2.35. The van der Waals surface area contributed by atoms with Crippen LogP contribution in [0.4, 0.5) is 0 Å². The zero-order chi connectivity index (χ0) is 19.5. The van der Waals surface area contributed by atoms with Gasteiger partial charge in [-0.3, -0.25) is 9.69 Å². The Morgan fingerprint density at radius 3 is 2.43 bits per heavy atom. The summed E-state index contributed by atoms with van der Waals surface area (Å²) >= 11 is 0. The molecule has 0 spiro atoms. The van der Waals surface area contributed by atoms with Gasteiger partial charge in [0.25, 0.3) is 0 Å². The minimum atomic E-state index is -0.640. The zero-order valence-corrected chi connectivity index (χ0v) is 16.9. The van der Waals surface area contributed by atoms with Crippen LogP contribution in [0, 0.1) is 11.8 Å². The monoisotopic (exact) mass is 377 g/mol. The van der Waals surface area contributed by atoms with Crippen LogP contribution in [0.5, 0.6) is 0 Å². The number of rotatable bonds is 4. The van der Waals surface area contributed by atoms with Crippen molar-refractivity contribution >= 4 is 22.8 Å². The first-order valence-electron chi connectivity index (χ1n) is 10.7. The molecule has 3 nitrogen and oxygen atoms in total. The van der Waals surface area contributed by atoms with Crippen molar-refractivity contribution in [3.05, 3.63) is 53.1 Å². The van der Waals surface area contributed by atoms with E-state index in [1.807, 2.05) is 0 Å². The molecule has 0 amide bonds. The summed E-state index contributed by atoms with van der Waals surface area (Å²) in [5.41, 5.74) is 4.23. The van der Waals surface area contributed by atoms with E-state index in [0.717, 1.165) is 38.4 Å². The molecular weight excluding hydrogens is 346 g/mol. The van der Waals surface area contributed by atoms with Gasteiger partial charge in [0.05, 0.1) is 5.92 Å². The number of carboxylic acids is 1. The maximum absolute atomic E-state index is 11.1. The molecule has 0 aromatic heterocycles. The summed E-state index contributed by atoms with van der Waals surface area (Å²) in [6, 6.07) is 13.5. The van der Waals surface area contributed by atoms with E-state index < -0.39 is 5.97 Å². The number of hydrogen-bond acceptors (Lipinski definition) is 2. The molecule has 0 unspecified atom stereocenters. The van der Waals surface area contributed by atoms with Crippen LogP contribution >= 0.6 is 0 Å². The third-order valence-corrected chi connectivity index (χ3v) is 6.56. The lowest BCUT2D eigenvalue weighted by atomic mass is 9.86. The van der Waals surface area contributed by atoms with Gasteiger partial charge in [-0.1, -0.05) is 42.8 Å². The predicted molar refractivity (Wildman–Crippen MR) is 115 cm³/mol. The largest absolute Gasteiger partial charge is 0.481 e. The number of fused-ring (bicyclic) bond motifs is 1. The molecule has 28 heavy (non-hydrogen) atoms. The van der Waals surface area contributed by atoms with Crippen molar-refractivity contribution < 1.29 is 9.90 Å². The summed E-state index contributed by atoms with van der Waals surface area (Å²) in [4.78, 5) is 13.5. The van der Waals surface area contributed by atoms with Crippen molar-refractivity contribution in [1.29, 1.82) is 0 Å². The highest BCUT2D eigenvalue weighted by atomic mass is 16.4. The summed E-state index contributed by atoms with van der Waals surface area (Å²) in [6.45, 7) is 5.02. The number of hydrogen-bond donors (Lipinski definition) is 1. The van der Waals surface area contributed by atoms with Crippen molar-refractivity contribution in [1.82, 2.24) is 4.90 Å². The molecule has 1 saturated heterocycles. The van der Waals surface area contributed by atoms with Gasteiger partial charge in [-0.2, -0.15) is 0 Å². The third-order valence-electron chi connectivity index (χ3n) is 6.56. The molecule has 2 aromatic carbocycles. The fraction of sp³-hybridized carbons (Fsp3) is 0.480. The molecule has 3 heteroatoms. The Balaban J connectivity index is 1.42. The van der Waals surface area contributed by atoms with Crippen LogP contribution in [0.25, 0.3) is 16.8 Å². The Hall–Kier alpha value is -2.13. The van der Waals surface area contributed by atoms with Crippen molar-refractivity contribution in [2.24, 2.45) is 11.8 Å². The predicted octanol–water partition coefficient (Wildman–Crippen LogP) is 5.73. The van der Waals surface area contributed by atoms with Crippen molar-refractivity contribution in [2.75, 3.05) is 13.1 Å². The van der Waals surface area contributed by atoms with E-state index in [2.05, 4.69) is 54.3 Å². The molecule has 0 atom stereocenters. The van der Waals surface area contributed by atoms with Gasteiger partial charge < -0.3 is 5.11 Å². The molecule has 148 valence electrons. The zero-order valence-electron chi connectivity index (χ0n) is 16.9. The summed E-state index contributed by atoms with van der Waals surface area (Å²) in [5, 5.41) is 11.7. The lowest BCUT2D eigenvalue weighted by molar-refractivity contribution is -0.143. The Morgan fingerprint density at radius 2 is 1.71 bits per heavy atom. The third kappa shape index (κ3) is 4.64. The molecule has 1 N–H and O–H groups in total. The van der Waals surface area contributed by atoms with Crippen molar-refractivity contribution in [3.8, 4) is 0 Å². The smallest absolute Gasteiger partial charge is 0.306 e. The van der Waals surface area contributed by atoms with Gasteiger partial charge in [0.2, 0.25) is 0 Å². The average Bonchev–Trinajstić information content (AvgIpc) is 2.70. The van der Waals surface area contributed by atoms with Gasteiger partial charge in [0.1, 0.15) is 0 Å². The Kier molecular flexibility index (Phi) is 5.82. The maximum atomic E-state index is 11.1. The first-order chi connectivity index (χ1) is 13.6. The molecule has 2 aromatic rings. The SMILES string of the molecule is CC1CCC(=Cc2ccc3cc(CN4CCC(C(=O)O)CC4)ccc3c2)CC1. The second-order valence-corrected chi connectivity index (χ2v) is 8.81. The number of carbonyl (C=O) groups is 1. The van der Waals surface area contributed by atoms with E-state index in [9.17, 15) is 4.79 Å². The van der Waals surface area contributed by atoms with Crippen molar-refractivity contribution in [2.45, 2.75) is 52.0 Å². The minimum Gasteiger partial charge on any atom is -0.481 e. The fourth-order valence-electron chi connectivity index (χ4n) is 4.61. The standard InChI is InChI=1S/C25H31NO2/c1-18-2-4-19(5-3-18)14-20-6-8-24-16-21(7-9-23(24)15-20)17-26-12-10-22(11-13-26)25(27)28/h6-9,14-16,18,22H,2-5,10-13,17H2,1H3,(H,27,28). The molecule has 4 rings (SSSR count). The highest BCUT2D eigenvalue weighted by molar-refractivity contribution is 5.85. The van der Waals surface area contributed by atoms with Crippen LogP contribution in [-0.2, 0) is 11.3 Å². The molecule has 1 heterocycles. The number of likely N-dealkylation sites (tertiary alicyclic amines) is 1.